The second-order valence-corrected chi connectivity index (χ2v) is 5.59. The lowest BCUT2D eigenvalue weighted by Gasteiger charge is -2.28. The normalized spacial score (nSPS) is 24.9. The van der Waals surface area contributed by atoms with Crippen LogP contribution in [0.4, 0.5) is 0 Å². The van der Waals surface area contributed by atoms with E-state index in [-0.39, 0.29) is 0 Å². The van der Waals surface area contributed by atoms with Crippen molar-refractivity contribution in [3.8, 4) is 0 Å². The molecule has 84 valence electrons. The van der Waals surface area contributed by atoms with Crippen LogP contribution in [0.2, 0.25) is 0 Å². The summed E-state index contributed by atoms with van der Waals surface area (Å²) in [5.41, 5.74) is 0. The Bertz CT molecular complexity index is 143. The highest BCUT2D eigenvalue weighted by Crippen LogP contribution is 2.18. The number of hydrogen-bond acceptors (Lipinski definition) is 2. The predicted molar refractivity (Wildman–Crippen MR) is 67.5 cm³/mol. The Hall–Kier alpha value is 0.600. The quantitative estimate of drug-likeness (QED) is 0.532. The molecule has 1 atom stereocenters. The maximum Gasteiger partial charge on any atom is 0.0379 e. The zero-order chi connectivity index (χ0) is 10.2. The van der Waals surface area contributed by atoms with Gasteiger partial charge in [-0.05, 0) is 25.1 Å². The molecule has 0 N–H and O–H groups in total. The van der Waals surface area contributed by atoms with Crippen molar-refractivity contribution in [2.45, 2.75) is 38.6 Å². The van der Waals surface area contributed by atoms with E-state index in [4.69, 9.17) is 11.6 Å². The highest BCUT2D eigenvalue weighted by atomic mass is 35.5. The molecule has 1 aliphatic rings. The molecule has 3 heteroatoms. The summed E-state index contributed by atoms with van der Waals surface area (Å²) in [7, 11) is 0. The van der Waals surface area contributed by atoms with Crippen molar-refractivity contribution in [3.63, 3.8) is 0 Å². The first-order chi connectivity index (χ1) is 6.88. The van der Waals surface area contributed by atoms with Crippen molar-refractivity contribution in [1.82, 2.24) is 4.90 Å². The van der Waals surface area contributed by atoms with E-state index >= 15 is 0 Å². The SMILES string of the molecule is CCSCCN1CCCCCC1CCl. The minimum absolute atomic E-state index is 0.650. The minimum Gasteiger partial charge on any atom is -0.298 e. The molecule has 0 saturated carbocycles. The van der Waals surface area contributed by atoms with E-state index in [1.54, 1.807) is 0 Å². The largest absolute Gasteiger partial charge is 0.298 e. The topological polar surface area (TPSA) is 3.24 Å². The molecule has 1 aliphatic heterocycles. The van der Waals surface area contributed by atoms with Crippen LogP contribution in [-0.2, 0) is 0 Å². The molecule has 0 aromatic rings. The van der Waals surface area contributed by atoms with Gasteiger partial charge < -0.3 is 0 Å². The number of alkyl halides is 1. The molecule has 1 unspecified atom stereocenters. The summed E-state index contributed by atoms with van der Waals surface area (Å²) in [5.74, 6) is 3.32. The maximum absolute atomic E-state index is 6.01. The molecule has 0 spiro atoms. The summed E-state index contributed by atoms with van der Waals surface area (Å²) < 4.78 is 0. The Morgan fingerprint density at radius 2 is 2.21 bits per heavy atom. The predicted octanol–water partition coefficient (Wildman–Crippen LogP) is 3.22. The Morgan fingerprint density at radius 3 is 2.93 bits per heavy atom. The Labute approximate surface area is 97.6 Å². The summed E-state index contributed by atoms with van der Waals surface area (Å²) in [4.78, 5) is 2.60. The van der Waals surface area contributed by atoms with E-state index in [1.807, 2.05) is 11.8 Å². The van der Waals surface area contributed by atoms with Crippen LogP contribution in [0.3, 0.4) is 0 Å². The van der Waals surface area contributed by atoms with Crippen LogP contribution in [0.25, 0.3) is 0 Å². The molecule has 1 saturated heterocycles. The summed E-state index contributed by atoms with van der Waals surface area (Å²) in [6, 6.07) is 0.650. The third kappa shape index (κ3) is 4.41. The van der Waals surface area contributed by atoms with E-state index < -0.39 is 0 Å². The van der Waals surface area contributed by atoms with Crippen molar-refractivity contribution in [1.29, 1.82) is 0 Å². The van der Waals surface area contributed by atoms with E-state index in [0.29, 0.717) is 6.04 Å². The van der Waals surface area contributed by atoms with Gasteiger partial charge in [-0.2, -0.15) is 11.8 Å². The van der Waals surface area contributed by atoms with Gasteiger partial charge in [0.2, 0.25) is 0 Å². The third-order valence-electron chi connectivity index (χ3n) is 2.90. The average Bonchev–Trinajstić information content (AvgIpc) is 2.43. The Balaban J connectivity index is 2.28. The van der Waals surface area contributed by atoms with Gasteiger partial charge >= 0.3 is 0 Å². The highest BCUT2D eigenvalue weighted by Gasteiger charge is 2.19. The number of nitrogens with zero attached hydrogens (tertiary/aromatic N) is 1. The molecule has 0 amide bonds. The van der Waals surface area contributed by atoms with Crippen molar-refractivity contribution in [2.75, 3.05) is 30.5 Å². The van der Waals surface area contributed by atoms with Gasteiger partial charge in [0.1, 0.15) is 0 Å². The van der Waals surface area contributed by atoms with Gasteiger partial charge in [-0.1, -0.05) is 19.8 Å². The van der Waals surface area contributed by atoms with Gasteiger partial charge in [0, 0.05) is 24.2 Å². The van der Waals surface area contributed by atoms with Gasteiger partial charge in [0.05, 0.1) is 0 Å². The molecule has 0 aromatic heterocycles. The first kappa shape index (κ1) is 12.7. The molecule has 0 bridgehead atoms. The maximum atomic E-state index is 6.01. The fourth-order valence-electron chi connectivity index (χ4n) is 2.03. The molecule has 14 heavy (non-hydrogen) atoms. The summed E-state index contributed by atoms with van der Waals surface area (Å²) in [6.07, 6.45) is 5.43. The zero-order valence-corrected chi connectivity index (χ0v) is 10.7. The van der Waals surface area contributed by atoms with Crippen molar-refractivity contribution in [2.24, 2.45) is 0 Å². The number of halogens is 1. The van der Waals surface area contributed by atoms with Gasteiger partial charge in [0.15, 0.2) is 0 Å². The van der Waals surface area contributed by atoms with Crippen molar-refractivity contribution >= 4 is 23.4 Å². The standard InChI is InChI=1S/C11H22ClNS/c1-2-14-9-8-13-7-5-3-4-6-11(13)10-12/h11H,2-10H2,1H3. The second-order valence-electron chi connectivity index (χ2n) is 3.89. The fraction of sp³-hybridized carbons (Fsp3) is 1.00. The van der Waals surface area contributed by atoms with Crippen LogP contribution in [0.15, 0.2) is 0 Å². The lowest BCUT2D eigenvalue weighted by atomic mass is 10.1. The molecular weight excluding hydrogens is 214 g/mol. The molecule has 1 rings (SSSR count). The highest BCUT2D eigenvalue weighted by molar-refractivity contribution is 7.99. The van der Waals surface area contributed by atoms with Gasteiger partial charge in [-0.3, -0.25) is 4.90 Å². The lowest BCUT2D eigenvalue weighted by molar-refractivity contribution is 0.230. The Kier molecular flexibility index (Phi) is 7.09. The number of rotatable bonds is 5. The molecule has 1 heterocycles. The molecule has 1 fully saturated rings. The average molecular weight is 236 g/mol. The summed E-state index contributed by atoms with van der Waals surface area (Å²) >= 11 is 8.05. The Morgan fingerprint density at radius 1 is 1.36 bits per heavy atom. The van der Waals surface area contributed by atoms with Gasteiger partial charge in [-0.25, -0.2) is 0 Å². The van der Waals surface area contributed by atoms with Crippen LogP contribution in [0.1, 0.15) is 32.6 Å². The first-order valence-electron chi connectivity index (χ1n) is 5.76. The fourth-order valence-corrected chi connectivity index (χ4v) is 3.03. The van der Waals surface area contributed by atoms with Crippen molar-refractivity contribution < 1.29 is 0 Å². The monoisotopic (exact) mass is 235 g/mol. The van der Waals surface area contributed by atoms with Crippen LogP contribution < -0.4 is 0 Å². The summed E-state index contributed by atoms with van der Waals surface area (Å²) in [5, 5.41) is 0. The van der Waals surface area contributed by atoms with Crippen LogP contribution in [0.5, 0.6) is 0 Å². The van der Waals surface area contributed by atoms with Crippen LogP contribution >= 0.6 is 23.4 Å². The third-order valence-corrected chi connectivity index (χ3v) is 4.14. The zero-order valence-electron chi connectivity index (χ0n) is 9.17. The molecule has 0 aliphatic carbocycles. The summed E-state index contributed by atoms with van der Waals surface area (Å²) in [6.45, 7) is 4.73. The van der Waals surface area contributed by atoms with Crippen LogP contribution in [-0.4, -0.2) is 41.4 Å². The second kappa shape index (κ2) is 7.84. The molecule has 0 aromatic carbocycles. The van der Waals surface area contributed by atoms with Gasteiger partial charge in [0.25, 0.3) is 0 Å². The number of hydrogen-bond donors (Lipinski definition) is 0. The lowest BCUT2D eigenvalue weighted by Crippen LogP contribution is -2.37. The van der Waals surface area contributed by atoms with Crippen LogP contribution in [0, 0.1) is 0 Å². The molecule has 1 nitrogen and oxygen atoms in total. The smallest absolute Gasteiger partial charge is 0.0379 e. The van der Waals surface area contributed by atoms with Gasteiger partial charge in [-0.15, -0.1) is 11.6 Å². The minimum atomic E-state index is 0.650. The first-order valence-corrected chi connectivity index (χ1v) is 7.45. The number of likely N-dealkylation sites (tertiary alicyclic amines) is 1. The van der Waals surface area contributed by atoms with E-state index in [2.05, 4.69) is 11.8 Å². The van der Waals surface area contributed by atoms with E-state index in [0.717, 1.165) is 5.88 Å². The molecular formula is C11H22ClNS. The van der Waals surface area contributed by atoms with E-state index in [9.17, 15) is 0 Å². The van der Waals surface area contributed by atoms with Crippen molar-refractivity contribution in [3.05, 3.63) is 0 Å². The molecule has 0 radical (unpaired) electrons. The number of thioether (sulfide) groups is 1. The van der Waals surface area contributed by atoms with E-state index in [1.165, 1.54) is 50.3 Å².